The van der Waals surface area contributed by atoms with Crippen LogP contribution in [0.5, 0.6) is 0 Å². The molecule has 0 radical (unpaired) electrons. The standard InChI is InChI=1S/C12H17N3OS/c1-7-12(16)14-9-6-8(11(13)15(2)3)4-5-10(9)17-7/h4-7,11H,13H2,1-3H3,(H,14,16). The second-order valence-electron chi connectivity index (χ2n) is 4.41. The van der Waals surface area contributed by atoms with Crippen LogP contribution in [0.3, 0.4) is 0 Å². The van der Waals surface area contributed by atoms with Gasteiger partial charge in [-0.3, -0.25) is 9.69 Å². The summed E-state index contributed by atoms with van der Waals surface area (Å²) in [6.45, 7) is 1.91. The van der Waals surface area contributed by atoms with E-state index in [-0.39, 0.29) is 17.3 Å². The minimum atomic E-state index is -0.151. The van der Waals surface area contributed by atoms with Crippen molar-refractivity contribution in [3.05, 3.63) is 23.8 Å². The van der Waals surface area contributed by atoms with Crippen molar-refractivity contribution in [1.29, 1.82) is 0 Å². The van der Waals surface area contributed by atoms with Gasteiger partial charge in [0.15, 0.2) is 0 Å². The molecule has 3 N–H and O–H groups in total. The minimum Gasteiger partial charge on any atom is -0.324 e. The topological polar surface area (TPSA) is 58.4 Å². The lowest BCUT2D eigenvalue weighted by molar-refractivity contribution is -0.115. The van der Waals surface area contributed by atoms with Crippen LogP contribution in [0.1, 0.15) is 18.7 Å². The van der Waals surface area contributed by atoms with E-state index in [1.54, 1.807) is 11.8 Å². The average molecular weight is 251 g/mol. The summed E-state index contributed by atoms with van der Waals surface area (Å²) in [6.07, 6.45) is -0.151. The maximum atomic E-state index is 11.6. The quantitative estimate of drug-likeness (QED) is 0.785. The number of nitrogens with zero attached hydrogens (tertiary/aromatic N) is 1. The van der Waals surface area contributed by atoms with Crippen LogP contribution in [0, 0.1) is 0 Å². The first-order chi connectivity index (χ1) is 7.99. The van der Waals surface area contributed by atoms with Crippen LogP contribution in [0.4, 0.5) is 5.69 Å². The number of nitrogens with one attached hydrogen (secondary N) is 1. The Hall–Kier alpha value is -1.04. The molecule has 0 saturated carbocycles. The highest BCUT2D eigenvalue weighted by atomic mass is 32.2. The van der Waals surface area contributed by atoms with Gasteiger partial charge in [-0.1, -0.05) is 6.07 Å². The first-order valence-electron chi connectivity index (χ1n) is 5.52. The maximum Gasteiger partial charge on any atom is 0.237 e. The van der Waals surface area contributed by atoms with Gasteiger partial charge in [-0.2, -0.15) is 0 Å². The number of benzene rings is 1. The molecular formula is C12H17N3OS. The van der Waals surface area contributed by atoms with Gasteiger partial charge in [0, 0.05) is 4.90 Å². The van der Waals surface area contributed by atoms with E-state index >= 15 is 0 Å². The molecule has 1 aliphatic heterocycles. The maximum absolute atomic E-state index is 11.6. The van der Waals surface area contributed by atoms with Crippen LogP contribution >= 0.6 is 11.8 Å². The smallest absolute Gasteiger partial charge is 0.237 e. The molecule has 0 bridgehead atoms. The Morgan fingerprint density at radius 2 is 2.18 bits per heavy atom. The lowest BCUT2D eigenvalue weighted by Crippen LogP contribution is -2.29. The van der Waals surface area contributed by atoms with Crippen LogP contribution in [0.15, 0.2) is 23.1 Å². The highest BCUT2D eigenvalue weighted by Gasteiger charge is 2.23. The Kier molecular flexibility index (Phi) is 3.42. The van der Waals surface area contributed by atoms with Gasteiger partial charge in [0.05, 0.1) is 17.1 Å². The second kappa shape index (κ2) is 4.68. The van der Waals surface area contributed by atoms with E-state index in [0.29, 0.717) is 0 Å². The fourth-order valence-electron chi connectivity index (χ4n) is 1.71. The number of carbonyl (C=O) groups is 1. The molecule has 1 amide bonds. The van der Waals surface area contributed by atoms with Crippen LogP contribution in [-0.2, 0) is 4.79 Å². The summed E-state index contributed by atoms with van der Waals surface area (Å²) in [4.78, 5) is 14.6. The Bertz CT molecular complexity index is 447. The first-order valence-corrected chi connectivity index (χ1v) is 6.40. The third-order valence-electron chi connectivity index (χ3n) is 2.83. The number of amides is 1. The molecule has 92 valence electrons. The minimum absolute atomic E-state index is 0.0316. The van der Waals surface area contributed by atoms with E-state index in [2.05, 4.69) is 5.32 Å². The number of rotatable bonds is 2. The SMILES string of the molecule is CC1Sc2ccc(C(N)N(C)C)cc2NC1=O. The molecule has 0 saturated heterocycles. The van der Waals surface area contributed by atoms with Crippen molar-refractivity contribution < 1.29 is 4.79 Å². The van der Waals surface area contributed by atoms with Gasteiger partial charge in [-0.05, 0) is 38.7 Å². The Morgan fingerprint density at radius 3 is 2.82 bits per heavy atom. The van der Waals surface area contributed by atoms with Crippen LogP contribution < -0.4 is 11.1 Å². The third kappa shape index (κ3) is 2.46. The van der Waals surface area contributed by atoms with Gasteiger partial charge in [-0.15, -0.1) is 11.8 Å². The van der Waals surface area contributed by atoms with E-state index in [1.165, 1.54) is 0 Å². The van der Waals surface area contributed by atoms with E-state index < -0.39 is 0 Å². The molecule has 0 aliphatic carbocycles. The molecule has 2 atom stereocenters. The average Bonchev–Trinajstić information content (AvgIpc) is 2.29. The lowest BCUT2D eigenvalue weighted by Gasteiger charge is -2.25. The van der Waals surface area contributed by atoms with Crippen molar-refractivity contribution >= 4 is 23.4 Å². The number of nitrogens with two attached hydrogens (primary N) is 1. The highest BCUT2D eigenvalue weighted by molar-refractivity contribution is 8.00. The zero-order valence-corrected chi connectivity index (χ0v) is 11.0. The molecule has 17 heavy (non-hydrogen) atoms. The van der Waals surface area contributed by atoms with Gasteiger partial charge >= 0.3 is 0 Å². The van der Waals surface area contributed by atoms with Crippen molar-refractivity contribution in [1.82, 2.24) is 4.90 Å². The molecule has 2 rings (SSSR count). The van der Waals surface area contributed by atoms with E-state index in [0.717, 1.165) is 16.1 Å². The summed E-state index contributed by atoms with van der Waals surface area (Å²) in [5, 5.41) is 2.88. The van der Waals surface area contributed by atoms with Crippen LogP contribution in [-0.4, -0.2) is 30.2 Å². The van der Waals surface area contributed by atoms with Crippen molar-refractivity contribution in [3.8, 4) is 0 Å². The van der Waals surface area contributed by atoms with E-state index in [1.807, 2.05) is 44.1 Å². The summed E-state index contributed by atoms with van der Waals surface area (Å²) in [7, 11) is 3.86. The molecule has 0 aromatic heterocycles. The first kappa shape index (κ1) is 12.4. The number of carbonyl (C=O) groups excluding carboxylic acids is 1. The second-order valence-corrected chi connectivity index (χ2v) is 5.80. The number of hydrogen-bond acceptors (Lipinski definition) is 4. The summed E-state index contributed by atoms with van der Waals surface area (Å²) in [5.41, 5.74) is 7.91. The van der Waals surface area contributed by atoms with Crippen LogP contribution in [0.25, 0.3) is 0 Å². The van der Waals surface area contributed by atoms with E-state index in [9.17, 15) is 4.79 Å². The summed E-state index contributed by atoms with van der Waals surface area (Å²) in [5.74, 6) is 0.0538. The van der Waals surface area contributed by atoms with Crippen molar-refractivity contribution in [3.63, 3.8) is 0 Å². The molecule has 5 heteroatoms. The zero-order valence-electron chi connectivity index (χ0n) is 10.2. The Morgan fingerprint density at radius 1 is 1.47 bits per heavy atom. The highest BCUT2D eigenvalue weighted by Crippen LogP contribution is 2.36. The van der Waals surface area contributed by atoms with Crippen LogP contribution in [0.2, 0.25) is 0 Å². The molecule has 1 aliphatic rings. The molecule has 1 heterocycles. The largest absolute Gasteiger partial charge is 0.324 e. The fourth-order valence-corrected chi connectivity index (χ4v) is 2.64. The molecule has 1 aromatic rings. The number of fused-ring (bicyclic) bond motifs is 1. The van der Waals surface area contributed by atoms with Gasteiger partial charge < -0.3 is 11.1 Å². The van der Waals surface area contributed by atoms with Gasteiger partial charge in [0.25, 0.3) is 0 Å². The Balaban J connectivity index is 2.32. The predicted octanol–water partition coefficient (Wildman–Crippen LogP) is 1.64. The molecule has 4 nitrogen and oxygen atoms in total. The Labute approximate surface area is 106 Å². The molecule has 0 fully saturated rings. The van der Waals surface area contributed by atoms with Crippen molar-refractivity contribution in [2.45, 2.75) is 23.2 Å². The molecule has 0 spiro atoms. The number of hydrogen-bond donors (Lipinski definition) is 2. The summed E-state index contributed by atoms with van der Waals surface area (Å²) >= 11 is 1.58. The lowest BCUT2D eigenvalue weighted by atomic mass is 10.1. The number of anilines is 1. The molecule has 2 unspecified atom stereocenters. The molecular weight excluding hydrogens is 234 g/mol. The van der Waals surface area contributed by atoms with Gasteiger partial charge in [0.2, 0.25) is 5.91 Å². The molecule has 1 aromatic carbocycles. The van der Waals surface area contributed by atoms with Gasteiger partial charge in [0.1, 0.15) is 0 Å². The third-order valence-corrected chi connectivity index (χ3v) is 4.01. The number of thioether (sulfide) groups is 1. The fraction of sp³-hybridized carbons (Fsp3) is 0.417. The van der Waals surface area contributed by atoms with Crippen molar-refractivity contribution in [2.24, 2.45) is 5.73 Å². The summed E-state index contributed by atoms with van der Waals surface area (Å²) < 4.78 is 0. The van der Waals surface area contributed by atoms with Gasteiger partial charge in [-0.25, -0.2) is 0 Å². The van der Waals surface area contributed by atoms with E-state index in [4.69, 9.17) is 5.73 Å². The van der Waals surface area contributed by atoms with Crippen molar-refractivity contribution in [2.75, 3.05) is 19.4 Å². The monoisotopic (exact) mass is 251 g/mol. The summed E-state index contributed by atoms with van der Waals surface area (Å²) in [6, 6.07) is 5.99. The zero-order chi connectivity index (χ0) is 12.6. The predicted molar refractivity (Wildman–Crippen MR) is 71.0 cm³/mol. The normalized spacial score (nSPS) is 21.0.